The topological polar surface area (TPSA) is 41.6 Å². The highest BCUT2D eigenvalue weighted by Gasteiger charge is 2.30. The first-order chi connectivity index (χ1) is 10.0. The molecule has 3 rings (SSSR count). The number of H-pyrrole nitrogens is 1. The van der Waals surface area contributed by atoms with Gasteiger partial charge in [-0.25, -0.2) is 4.98 Å². The number of hydrogen-bond donors (Lipinski definition) is 1. The van der Waals surface area contributed by atoms with Crippen LogP contribution in [0.2, 0.25) is 0 Å². The number of aryl methyl sites for hydroxylation is 2. The van der Waals surface area contributed by atoms with E-state index in [-0.39, 0.29) is 0 Å². The summed E-state index contributed by atoms with van der Waals surface area (Å²) in [6.45, 7) is 0. The molecule has 0 atom stereocenters. The molecule has 0 radical (unpaired) electrons. The van der Waals surface area contributed by atoms with Crippen LogP contribution < -0.4 is 0 Å². The van der Waals surface area contributed by atoms with E-state index in [9.17, 15) is 13.2 Å². The van der Waals surface area contributed by atoms with Gasteiger partial charge in [-0.1, -0.05) is 6.07 Å². The maximum Gasteiger partial charge on any atom is 0.416 e. The zero-order valence-corrected chi connectivity index (χ0v) is 11.0. The Kier molecular flexibility index (Phi) is 3.37. The highest BCUT2D eigenvalue weighted by atomic mass is 19.4. The molecule has 2 heterocycles. The minimum Gasteiger partial charge on any atom is -0.342 e. The summed E-state index contributed by atoms with van der Waals surface area (Å²) in [5.41, 5.74) is 1.20. The second-order valence-electron chi connectivity index (χ2n) is 4.73. The van der Waals surface area contributed by atoms with Crippen LogP contribution in [-0.4, -0.2) is 15.0 Å². The van der Waals surface area contributed by atoms with Gasteiger partial charge < -0.3 is 4.98 Å². The lowest BCUT2D eigenvalue weighted by molar-refractivity contribution is -0.137. The molecule has 0 unspecified atom stereocenters. The SMILES string of the molecule is FC(F)(F)c1ccc2nc(CCc3ccccn3)[nH]c2c1. The third kappa shape index (κ3) is 3.04. The summed E-state index contributed by atoms with van der Waals surface area (Å²) >= 11 is 0. The molecule has 2 aromatic heterocycles. The highest BCUT2D eigenvalue weighted by molar-refractivity contribution is 5.76. The number of halogens is 3. The van der Waals surface area contributed by atoms with E-state index in [4.69, 9.17) is 0 Å². The quantitative estimate of drug-likeness (QED) is 0.798. The van der Waals surface area contributed by atoms with Crippen molar-refractivity contribution in [1.29, 1.82) is 0 Å². The number of imidazole rings is 1. The maximum atomic E-state index is 12.6. The Balaban J connectivity index is 1.81. The monoisotopic (exact) mass is 291 g/mol. The van der Waals surface area contributed by atoms with Gasteiger partial charge in [-0.15, -0.1) is 0 Å². The van der Waals surface area contributed by atoms with Crippen molar-refractivity contribution in [2.45, 2.75) is 19.0 Å². The summed E-state index contributed by atoms with van der Waals surface area (Å²) in [7, 11) is 0. The third-order valence-electron chi connectivity index (χ3n) is 3.20. The van der Waals surface area contributed by atoms with Crippen LogP contribution in [0.1, 0.15) is 17.1 Å². The van der Waals surface area contributed by atoms with Gasteiger partial charge in [-0.05, 0) is 36.8 Å². The summed E-state index contributed by atoms with van der Waals surface area (Å²) in [5.74, 6) is 0.662. The molecule has 21 heavy (non-hydrogen) atoms. The molecule has 6 heteroatoms. The average Bonchev–Trinajstić information content (AvgIpc) is 2.87. The Morgan fingerprint density at radius 3 is 2.62 bits per heavy atom. The first-order valence-corrected chi connectivity index (χ1v) is 6.48. The molecule has 0 aliphatic rings. The van der Waals surface area contributed by atoms with E-state index >= 15 is 0 Å². The molecule has 0 saturated heterocycles. The van der Waals surface area contributed by atoms with Crippen molar-refractivity contribution >= 4 is 11.0 Å². The molecule has 1 aromatic carbocycles. The van der Waals surface area contributed by atoms with E-state index in [1.165, 1.54) is 6.07 Å². The molecular formula is C15H12F3N3. The zero-order chi connectivity index (χ0) is 14.9. The van der Waals surface area contributed by atoms with Gasteiger partial charge in [-0.3, -0.25) is 4.98 Å². The third-order valence-corrected chi connectivity index (χ3v) is 3.20. The van der Waals surface area contributed by atoms with Crippen LogP contribution in [0.25, 0.3) is 11.0 Å². The van der Waals surface area contributed by atoms with Crippen LogP contribution in [0.3, 0.4) is 0 Å². The van der Waals surface area contributed by atoms with E-state index < -0.39 is 11.7 Å². The number of nitrogens with one attached hydrogen (secondary N) is 1. The molecule has 1 N–H and O–H groups in total. The molecule has 0 saturated carbocycles. The Bertz CT molecular complexity index is 748. The number of aromatic amines is 1. The Labute approximate surface area is 118 Å². The minimum absolute atomic E-state index is 0.404. The number of aromatic nitrogens is 3. The van der Waals surface area contributed by atoms with E-state index in [1.54, 1.807) is 6.20 Å². The predicted octanol–water partition coefficient (Wildman–Crippen LogP) is 3.76. The van der Waals surface area contributed by atoms with Gasteiger partial charge in [0, 0.05) is 18.3 Å². The predicted molar refractivity (Wildman–Crippen MR) is 72.7 cm³/mol. The lowest BCUT2D eigenvalue weighted by atomic mass is 10.2. The van der Waals surface area contributed by atoms with Gasteiger partial charge in [0.25, 0.3) is 0 Å². The van der Waals surface area contributed by atoms with Crippen molar-refractivity contribution in [3.8, 4) is 0 Å². The van der Waals surface area contributed by atoms with Crippen LogP contribution in [0, 0.1) is 0 Å². The number of nitrogens with zero attached hydrogens (tertiary/aromatic N) is 2. The second-order valence-corrected chi connectivity index (χ2v) is 4.73. The zero-order valence-electron chi connectivity index (χ0n) is 11.0. The molecule has 0 fully saturated rings. The van der Waals surface area contributed by atoms with Gasteiger partial charge >= 0.3 is 6.18 Å². The van der Waals surface area contributed by atoms with Gasteiger partial charge in [-0.2, -0.15) is 13.2 Å². The Morgan fingerprint density at radius 1 is 1.05 bits per heavy atom. The fourth-order valence-electron chi connectivity index (χ4n) is 2.15. The summed E-state index contributed by atoms with van der Waals surface area (Å²) in [6.07, 6.45) is -1.34. The second kappa shape index (κ2) is 5.20. The van der Waals surface area contributed by atoms with Crippen molar-refractivity contribution < 1.29 is 13.2 Å². The van der Waals surface area contributed by atoms with E-state index in [0.29, 0.717) is 29.7 Å². The van der Waals surface area contributed by atoms with E-state index in [0.717, 1.165) is 17.8 Å². The molecule has 0 aliphatic heterocycles. The lowest BCUT2D eigenvalue weighted by Crippen LogP contribution is -2.04. The largest absolute Gasteiger partial charge is 0.416 e. The first kappa shape index (κ1) is 13.6. The van der Waals surface area contributed by atoms with Gasteiger partial charge in [0.1, 0.15) is 5.82 Å². The van der Waals surface area contributed by atoms with E-state index in [2.05, 4.69) is 15.0 Å². The van der Waals surface area contributed by atoms with E-state index in [1.807, 2.05) is 18.2 Å². The summed E-state index contributed by atoms with van der Waals surface area (Å²) < 4.78 is 37.9. The maximum absolute atomic E-state index is 12.6. The number of rotatable bonds is 3. The van der Waals surface area contributed by atoms with Crippen LogP contribution >= 0.6 is 0 Å². The molecular weight excluding hydrogens is 279 g/mol. The summed E-state index contributed by atoms with van der Waals surface area (Å²) in [6, 6.07) is 9.17. The molecule has 108 valence electrons. The minimum atomic E-state index is -4.34. The normalized spacial score (nSPS) is 12.0. The number of benzene rings is 1. The van der Waals surface area contributed by atoms with Crippen LogP contribution in [0.4, 0.5) is 13.2 Å². The number of alkyl halides is 3. The molecule has 0 spiro atoms. The average molecular weight is 291 g/mol. The van der Waals surface area contributed by atoms with Crippen molar-refractivity contribution in [3.05, 3.63) is 59.7 Å². The number of fused-ring (bicyclic) bond motifs is 1. The summed E-state index contributed by atoms with van der Waals surface area (Å²) in [5, 5.41) is 0. The Morgan fingerprint density at radius 2 is 1.90 bits per heavy atom. The fourth-order valence-corrected chi connectivity index (χ4v) is 2.15. The Hall–Kier alpha value is -2.37. The van der Waals surface area contributed by atoms with Crippen LogP contribution in [-0.2, 0) is 19.0 Å². The standard InChI is InChI=1S/C15H12F3N3/c16-15(17,18)10-4-6-12-13(9-10)21-14(20-12)7-5-11-3-1-2-8-19-11/h1-4,6,8-9H,5,7H2,(H,20,21). The number of pyridine rings is 1. The van der Waals surface area contributed by atoms with Crippen molar-refractivity contribution in [2.24, 2.45) is 0 Å². The van der Waals surface area contributed by atoms with Crippen LogP contribution in [0.15, 0.2) is 42.6 Å². The van der Waals surface area contributed by atoms with Gasteiger partial charge in [0.15, 0.2) is 0 Å². The van der Waals surface area contributed by atoms with Gasteiger partial charge in [0.05, 0.1) is 16.6 Å². The summed E-state index contributed by atoms with van der Waals surface area (Å²) in [4.78, 5) is 11.4. The van der Waals surface area contributed by atoms with Crippen molar-refractivity contribution in [1.82, 2.24) is 15.0 Å². The molecule has 0 aliphatic carbocycles. The highest BCUT2D eigenvalue weighted by Crippen LogP contribution is 2.30. The number of hydrogen-bond acceptors (Lipinski definition) is 2. The smallest absolute Gasteiger partial charge is 0.342 e. The van der Waals surface area contributed by atoms with Gasteiger partial charge in [0.2, 0.25) is 0 Å². The van der Waals surface area contributed by atoms with Crippen molar-refractivity contribution in [2.75, 3.05) is 0 Å². The van der Waals surface area contributed by atoms with Crippen LogP contribution in [0.5, 0.6) is 0 Å². The molecule has 3 nitrogen and oxygen atoms in total. The molecule has 3 aromatic rings. The first-order valence-electron chi connectivity index (χ1n) is 6.48. The lowest BCUT2D eigenvalue weighted by Gasteiger charge is -2.05. The molecule has 0 bridgehead atoms. The fraction of sp³-hybridized carbons (Fsp3) is 0.200. The molecule has 0 amide bonds. The van der Waals surface area contributed by atoms with Crippen molar-refractivity contribution in [3.63, 3.8) is 0 Å².